The number of sulfonamides is 1. The molecule has 0 aliphatic carbocycles. The summed E-state index contributed by atoms with van der Waals surface area (Å²) in [5, 5.41) is 0.544. The molecule has 4 nitrogen and oxygen atoms in total. The van der Waals surface area contributed by atoms with Gasteiger partial charge in [0.15, 0.2) is 0 Å². The van der Waals surface area contributed by atoms with Crippen LogP contribution in [0.5, 0.6) is 0 Å². The zero-order chi connectivity index (χ0) is 15.7. The van der Waals surface area contributed by atoms with Crippen LogP contribution >= 0.6 is 11.6 Å². The molecule has 0 aliphatic rings. The monoisotopic (exact) mass is 324 g/mol. The lowest BCUT2D eigenvalue weighted by Gasteiger charge is -2.26. The molecule has 2 aromatic rings. The molecule has 1 aromatic carbocycles. The third kappa shape index (κ3) is 3.61. The van der Waals surface area contributed by atoms with Crippen molar-refractivity contribution in [1.29, 1.82) is 0 Å². The number of aromatic nitrogens is 1. The van der Waals surface area contributed by atoms with E-state index in [4.69, 9.17) is 11.6 Å². The van der Waals surface area contributed by atoms with Gasteiger partial charge in [0.2, 0.25) is 10.0 Å². The molecule has 0 saturated carbocycles. The maximum atomic E-state index is 12.5. The first-order chi connectivity index (χ1) is 9.72. The average molecular weight is 325 g/mol. The molecule has 0 spiro atoms. The SMILES string of the molecule is Cc1cc(S(=O)(=O)NC(C)(C)c2ccncc2)ccc1Cl. The van der Waals surface area contributed by atoms with Crippen LogP contribution in [0, 0.1) is 6.92 Å². The van der Waals surface area contributed by atoms with Crippen molar-refractivity contribution in [3.8, 4) is 0 Å². The van der Waals surface area contributed by atoms with Crippen LogP contribution in [0.2, 0.25) is 5.02 Å². The van der Waals surface area contributed by atoms with Gasteiger partial charge in [0.05, 0.1) is 10.4 Å². The second kappa shape index (κ2) is 5.75. The summed E-state index contributed by atoms with van der Waals surface area (Å²) in [6, 6.07) is 8.23. The predicted molar refractivity (Wildman–Crippen MR) is 83.8 cm³/mol. The fourth-order valence-corrected chi connectivity index (χ4v) is 3.61. The van der Waals surface area contributed by atoms with E-state index < -0.39 is 15.6 Å². The maximum Gasteiger partial charge on any atom is 0.241 e. The van der Waals surface area contributed by atoms with E-state index in [0.29, 0.717) is 5.02 Å². The van der Waals surface area contributed by atoms with Gasteiger partial charge in [0.25, 0.3) is 0 Å². The normalized spacial score (nSPS) is 12.4. The third-order valence-electron chi connectivity index (χ3n) is 3.23. The molecular weight excluding hydrogens is 308 g/mol. The number of nitrogens with one attached hydrogen (secondary N) is 1. The lowest BCUT2D eigenvalue weighted by atomic mass is 9.97. The molecule has 112 valence electrons. The van der Waals surface area contributed by atoms with E-state index in [2.05, 4.69) is 9.71 Å². The van der Waals surface area contributed by atoms with Gasteiger partial charge in [-0.05, 0) is 62.2 Å². The molecule has 0 unspecified atom stereocenters. The van der Waals surface area contributed by atoms with Gasteiger partial charge in [0, 0.05) is 17.4 Å². The standard InChI is InChI=1S/C15H17ClN2O2S/c1-11-10-13(4-5-14(11)16)21(19,20)18-15(2,3)12-6-8-17-9-7-12/h4-10,18H,1-3H3. The fourth-order valence-electron chi connectivity index (χ4n) is 2.01. The highest BCUT2D eigenvalue weighted by molar-refractivity contribution is 7.89. The van der Waals surface area contributed by atoms with Crippen molar-refractivity contribution in [3.05, 3.63) is 58.9 Å². The number of pyridine rings is 1. The van der Waals surface area contributed by atoms with Crippen molar-refractivity contribution < 1.29 is 8.42 Å². The molecule has 0 atom stereocenters. The van der Waals surface area contributed by atoms with Crippen LogP contribution in [0.25, 0.3) is 0 Å². The van der Waals surface area contributed by atoms with E-state index in [1.54, 1.807) is 43.6 Å². The number of halogens is 1. The molecule has 1 heterocycles. The van der Waals surface area contributed by atoms with Gasteiger partial charge >= 0.3 is 0 Å². The van der Waals surface area contributed by atoms with Gasteiger partial charge in [-0.2, -0.15) is 0 Å². The minimum atomic E-state index is -3.63. The van der Waals surface area contributed by atoms with E-state index >= 15 is 0 Å². The molecule has 0 saturated heterocycles. The number of hydrogen-bond acceptors (Lipinski definition) is 3. The van der Waals surface area contributed by atoms with Crippen LogP contribution in [0.15, 0.2) is 47.6 Å². The Labute approximate surface area is 130 Å². The Morgan fingerprint density at radius 3 is 2.33 bits per heavy atom. The van der Waals surface area contributed by atoms with Crippen molar-refractivity contribution in [2.24, 2.45) is 0 Å². The van der Waals surface area contributed by atoms with Gasteiger partial charge in [0.1, 0.15) is 0 Å². The maximum absolute atomic E-state index is 12.5. The first kappa shape index (κ1) is 15.9. The second-order valence-electron chi connectivity index (χ2n) is 5.38. The number of hydrogen-bond donors (Lipinski definition) is 1. The number of rotatable bonds is 4. The summed E-state index contributed by atoms with van der Waals surface area (Å²) in [6.45, 7) is 5.39. The third-order valence-corrected chi connectivity index (χ3v) is 5.31. The van der Waals surface area contributed by atoms with Gasteiger partial charge in [-0.1, -0.05) is 11.6 Å². The first-order valence-electron chi connectivity index (χ1n) is 6.43. The molecule has 0 bridgehead atoms. The lowest BCUT2D eigenvalue weighted by Crippen LogP contribution is -2.40. The van der Waals surface area contributed by atoms with Crippen molar-refractivity contribution in [1.82, 2.24) is 9.71 Å². The van der Waals surface area contributed by atoms with Crippen LogP contribution in [-0.2, 0) is 15.6 Å². The van der Waals surface area contributed by atoms with Crippen molar-refractivity contribution in [2.45, 2.75) is 31.2 Å². The highest BCUT2D eigenvalue weighted by atomic mass is 35.5. The Morgan fingerprint density at radius 2 is 1.76 bits per heavy atom. The molecular formula is C15H17ClN2O2S. The average Bonchev–Trinajstić information content (AvgIpc) is 2.41. The highest BCUT2D eigenvalue weighted by Gasteiger charge is 2.28. The van der Waals surface area contributed by atoms with Crippen LogP contribution in [0.1, 0.15) is 25.0 Å². The molecule has 0 aliphatic heterocycles. The Hall–Kier alpha value is -1.43. The van der Waals surface area contributed by atoms with E-state index in [0.717, 1.165) is 11.1 Å². The molecule has 0 radical (unpaired) electrons. The summed E-state index contributed by atoms with van der Waals surface area (Å²) >= 11 is 5.94. The lowest BCUT2D eigenvalue weighted by molar-refractivity contribution is 0.471. The first-order valence-corrected chi connectivity index (χ1v) is 8.29. The van der Waals surface area contributed by atoms with E-state index in [1.165, 1.54) is 6.07 Å². The summed E-state index contributed by atoms with van der Waals surface area (Å²) < 4.78 is 27.7. The van der Waals surface area contributed by atoms with Crippen LogP contribution in [0.3, 0.4) is 0 Å². The second-order valence-corrected chi connectivity index (χ2v) is 7.47. The van der Waals surface area contributed by atoms with Crippen LogP contribution in [0.4, 0.5) is 0 Å². The summed E-state index contributed by atoms with van der Waals surface area (Å²) in [4.78, 5) is 4.14. The number of aryl methyl sites for hydroxylation is 1. The minimum Gasteiger partial charge on any atom is -0.265 e. The zero-order valence-electron chi connectivity index (χ0n) is 12.1. The summed E-state index contributed by atoms with van der Waals surface area (Å²) in [6.07, 6.45) is 3.27. The van der Waals surface area contributed by atoms with Crippen molar-refractivity contribution in [3.63, 3.8) is 0 Å². The fraction of sp³-hybridized carbons (Fsp3) is 0.267. The Kier molecular flexibility index (Phi) is 4.37. The molecule has 1 N–H and O–H groups in total. The molecule has 0 fully saturated rings. The highest BCUT2D eigenvalue weighted by Crippen LogP contribution is 2.24. The molecule has 6 heteroatoms. The van der Waals surface area contributed by atoms with Crippen LogP contribution in [-0.4, -0.2) is 13.4 Å². The van der Waals surface area contributed by atoms with Crippen molar-refractivity contribution >= 4 is 21.6 Å². The smallest absolute Gasteiger partial charge is 0.241 e. The van der Waals surface area contributed by atoms with Crippen LogP contribution < -0.4 is 4.72 Å². The largest absolute Gasteiger partial charge is 0.265 e. The summed E-state index contributed by atoms with van der Waals surface area (Å²) in [5.74, 6) is 0. The predicted octanol–water partition coefficient (Wildman–Crippen LogP) is 3.26. The summed E-state index contributed by atoms with van der Waals surface area (Å²) in [5.41, 5.74) is 0.822. The van der Waals surface area contributed by atoms with Crippen molar-refractivity contribution in [2.75, 3.05) is 0 Å². The topological polar surface area (TPSA) is 59.1 Å². The van der Waals surface area contributed by atoms with Gasteiger partial charge < -0.3 is 0 Å². The Bertz CT molecular complexity index is 744. The van der Waals surface area contributed by atoms with E-state index in [1.807, 2.05) is 13.8 Å². The van der Waals surface area contributed by atoms with E-state index in [-0.39, 0.29) is 4.90 Å². The summed E-state index contributed by atoms with van der Waals surface area (Å²) in [7, 11) is -3.63. The minimum absolute atomic E-state index is 0.200. The van der Waals surface area contributed by atoms with E-state index in [9.17, 15) is 8.42 Å². The molecule has 0 amide bonds. The zero-order valence-corrected chi connectivity index (χ0v) is 13.7. The Balaban J connectivity index is 2.35. The Morgan fingerprint density at radius 1 is 1.14 bits per heavy atom. The molecule has 2 rings (SSSR count). The number of benzene rings is 1. The molecule has 21 heavy (non-hydrogen) atoms. The quantitative estimate of drug-likeness (QED) is 0.939. The van der Waals surface area contributed by atoms with Gasteiger partial charge in [-0.15, -0.1) is 0 Å². The van der Waals surface area contributed by atoms with Gasteiger partial charge in [-0.25, -0.2) is 13.1 Å². The molecule has 1 aromatic heterocycles. The number of nitrogens with zero attached hydrogens (tertiary/aromatic N) is 1. The van der Waals surface area contributed by atoms with Gasteiger partial charge in [-0.3, -0.25) is 4.98 Å².